The van der Waals surface area contributed by atoms with E-state index in [1.54, 1.807) is 18.2 Å². The average molecular weight is 323 g/mol. The molecule has 1 aromatic rings. The van der Waals surface area contributed by atoms with Gasteiger partial charge in [-0.05, 0) is 5.56 Å². The quantitative estimate of drug-likeness (QED) is 0.307. The van der Waals surface area contributed by atoms with Crippen LogP contribution in [0.15, 0.2) is 30.3 Å². The Balaban J connectivity index is 2.98. The fourth-order valence-electron chi connectivity index (χ4n) is 1.53. The number of carbonyl (C=O) groups is 1. The minimum absolute atomic E-state index is 0.291. The zero-order chi connectivity index (χ0) is 15.3. The van der Waals surface area contributed by atoms with Gasteiger partial charge in [-0.25, -0.2) is 0 Å². The fraction of sp³-hybridized carbons (Fsp3) is 0.364. The molecule has 0 radical (unpaired) electrons. The number of alkyl halides is 2. The van der Waals surface area contributed by atoms with E-state index in [2.05, 4.69) is 5.32 Å². The molecular formula is C11H12Cl2N2O5. The van der Waals surface area contributed by atoms with Crippen LogP contribution < -0.4 is 5.32 Å². The molecule has 0 bridgehead atoms. The van der Waals surface area contributed by atoms with Crippen molar-refractivity contribution in [1.29, 1.82) is 0 Å². The molecule has 0 saturated carbocycles. The molecule has 0 fully saturated rings. The van der Waals surface area contributed by atoms with E-state index in [0.717, 1.165) is 0 Å². The van der Waals surface area contributed by atoms with E-state index in [1.165, 1.54) is 12.1 Å². The number of amides is 1. The number of halogens is 2. The van der Waals surface area contributed by atoms with E-state index in [0.29, 0.717) is 5.56 Å². The lowest BCUT2D eigenvalue weighted by Crippen LogP contribution is -2.51. The van der Waals surface area contributed by atoms with Gasteiger partial charge >= 0.3 is 6.23 Å². The van der Waals surface area contributed by atoms with Crippen molar-refractivity contribution in [1.82, 2.24) is 5.32 Å². The second kappa shape index (κ2) is 7.39. The Hall–Kier alpha value is -1.41. The molecule has 7 nitrogen and oxygen atoms in total. The van der Waals surface area contributed by atoms with Crippen molar-refractivity contribution >= 4 is 29.1 Å². The highest BCUT2D eigenvalue weighted by Gasteiger charge is 2.38. The topological polar surface area (TPSA) is 113 Å². The molecular weight excluding hydrogens is 311 g/mol. The van der Waals surface area contributed by atoms with Crippen molar-refractivity contribution in [2.45, 2.75) is 23.2 Å². The SMILES string of the molecule is O=C(NC(C(O)c1ccccc1)C(O)[N+](=O)[O-])C(Cl)Cl. The van der Waals surface area contributed by atoms with Crippen molar-refractivity contribution in [3.63, 3.8) is 0 Å². The Morgan fingerprint density at radius 1 is 1.25 bits per heavy atom. The minimum atomic E-state index is -2.21. The van der Waals surface area contributed by atoms with Gasteiger partial charge < -0.3 is 15.5 Å². The maximum atomic E-state index is 11.4. The summed E-state index contributed by atoms with van der Waals surface area (Å²) in [5.74, 6) is -0.950. The first-order valence-corrected chi connectivity index (χ1v) is 6.35. The van der Waals surface area contributed by atoms with E-state index < -0.39 is 34.0 Å². The zero-order valence-electron chi connectivity index (χ0n) is 10.0. The summed E-state index contributed by atoms with van der Waals surface area (Å²) in [6.45, 7) is 0. The van der Waals surface area contributed by atoms with Crippen molar-refractivity contribution in [2.24, 2.45) is 0 Å². The number of nitro groups is 1. The standard InChI is InChI=1S/C11H12Cl2N2O5/c12-9(13)10(17)14-7(11(18)15(19)20)8(16)6-4-2-1-3-5-6/h1-5,7-9,11,16,18H,(H,14,17). The molecule has 0 heterocycles. The molecule has 3 N–H and O–H groups in total. The number of nitrogens with zero attached hydrogens (tertiary/aromatic N) is 1. The van der Waals surface area contributed by atoms with Crippen LogP contribution in [-0.4, -0.2) is 38.1 Å². The van der Waals surface area contributed by atoms with Crippen LogP contribution in [0.5, 0.6) is 0 Å². The summed E-state index contributed by atoms with van der Waals surface area (Å²) in [4.78, 5) is 19.5. The van der Waals surface area contributed by atoms with Crippen LogP contribution in [0.25, 0.3) is 0 Å². The Morgan fingerprint density at radius 2 is 1.80 bits per heavy atom. The number of aliphatic hydroxyl groups excluding tert-OH is 2. The average Bonchev–Trinajstić information content (AvgIpc) is 2.43. The Labute approximate surface area is 124 Å². The predicted molar refractivity (Wildman–Crippen MR) is 71.8 cm³/mol. The lowest BCUT2D eigenvalue weighted by molar-refractivity contribution is -0.576. The zero-order valence-corrected chi connectivity index (χ0v) is 11.5. The Morgan fingerprint density at radius 3 is 2.25 bits per heavy atom. The highest BCUT2D eigenvalue weighted by molar-refractivity contribution is 6.53. The van der Waals surface area contributed by atoms with E-state index in [1.807, 2.05) is 0 Å². The van der Waals surface area contributed by atoms with Gasteiger partial charge in [-0.15, -0.1) is 0 Å². The normalized spacial score (nSPS) is 15.4. The summed E-state index contributed by atoms with van der Waals surface area (Å²) < 4.78 is 0. The molecule has 3 atom stereocenters. The molecule has 0 saturated heterocycles. The van der Waals surface area contributed by atoms with Crippen molar-refractivity contribution < 1.29 is 19.9 Å². The molecule has 0 aliphatic heterocycles. The largest absolute Gasteiger partial charge is 0.386 e. The molecule has 20 heavy (non-hydrogen) atoms. The van der Waals surface area contributed by atoms with Gasteiger partial charge in [0.2, 0.25) is 0 Å². The Kier molecular flexibility index (Phi) is 6.15. The van der Waals surface area contributed by atoms with Gasteiger partial charge in [0.25, 0.3) is 5.91 Å². The maximum Gasteiger partial charge on any atom is 0.336 e. The molecule has 1 amide bonds. The molecule has 1 rings (SSSR count). The van der Waals surface area contributed by atoms with Gasteiger partial charge in [0.05, 0.1) is 4.92 Å². The molecule has 0 aliphatic rings. The van der Waals surface area contributed by atoms with Crippen LogP contribution in [0.4, 0.5) is 0 Å². The number of benzene rings is 1. The minimum Gasteiger partial charge on any atom is -0.386 e. The van der Waals surface area contributed by atoms with E-state index in [9.17, 15) is 25.1 Å². The van der Waals surface area contributed by atoms with Crippen molar-refractivity contribution in [3.05, 3.63) is 46.0 Å². The van der Waals surface area contributed by atoms with Crippen LogP contribution >= 0.6 is 23.2 Å². The number of rotatable bonds is 6. The summed E-state index contributed by atoms with van der Waals surface area (Å²) in [5.41, 5.74) is 0.291. The number of aliphatic hydroxyl groups is 2. The van der Waals surface area contributed by atoms with E-state index in [4.69, 9.17) is 23.2 Å². The first kappa shape index (κ1) is 16.6. The van der Waals surface area contributed by atoms with Gasteiger partial charge in [-0.1, -0.05) is 53.5 Å². The second-order valence-electron chi connectivity index (χ2n) is 3.89. The molecule has 3 unspecified atom stereocenters. The lowest BCUT2D eigenvalue weighted by atomic mass is 10.0. The monoisotopic (exact) mass is 322 g/mol. The molecule has 0 aromatic heterocycles. The number of nitrogens with one attached hydrogen (secondary N) is 1. The maximum absolute atomic E-state index is 11.4. The summed E-state index contributed by atoms with van der Waals surface area (Å²) in [5, 5.41) is 32.3. The summed E-state index contributed by atoms with van der Waals surface area (Å²) in [7, 11) is 0. The first-order chi connectivity index (χ1) is 9.34. The van der Waals surface area contributed by atoms with Crippen LogP contribution in [-0.2, 0) is 4.79 Å². The van der Waals surface area contributed by atoms with Crippen molar-refractivity contribution in [2.75, 3.05) is 0 Å². The lowest BCUT2D eigenvalue weighted by Gasteiger charge is -2.24. The predicted octanol–water partition coefficient (Wildman–Crippen LogP) is 0.604. The molecule has 0 aliphatic carbocycles. The van der Waals surface area contributed by atoms with Gasteiger partial charge in [-0.2, -0.15) is 0 Å². The van der Waals surface area contributed by atoms with Crippen LogP contribution in [0.2, 0.25) is 0 Å². The molecule has 1 aromatic carbocycles. The van der Waals surface area contributed by atoms with Crippen LogP contribution in [0.1, 0.15) is 11.7 Å². The second-order valence-corrected chi connectivity index (χ2v) is 4.99. The molecule has 110 valence electrons. The molecule has 9 heteroatoms. The van der Waals surface area contributed by atoms with Gasteiger partial charge in [0.15, 0.2) is 10.9 Å². The fourth-order valence-corrected chi connectivity index (χ4v) is 1.66. The van der Waals surface area contributed by atoms with E-state index >= 15 is 0 Å². The third-order valence-corrected chi connectivity index (χ3v) is 2.92. The first-order valence-electron chi connectivity index (χ1n) is 5.47. The van der Waals surface area contributed by atoms with Crippen LogP contribution in [0.3, 0.4) is 0 Å². The summed E-state index contributed by atoms with van der Waals surface area (Å²) >= 11 is 10.7. The number of carbonyl (C=O) groups excluding carboxylic acids is 1. The van der Waals surface area contributed by atoms with Crippen LogP contribution in [0, 0.1) is 10.1 Å². The van der Waals surface area contributed by atoms with Gasteiger partial charge in [-0.3, -0.25) is 14.9 Å². The van der Waals surface area contributed by atoms with Crippen molar-refractivity contribution in [3.8, 4) is 0 Å². The highest BCUT2D eigenvalue weighted by Crippen LogP contribution is 2.20. The van der Waals surface area contributed by atoms with E-state index in [-0.39, 0.29) is 0 Å². The smallest absolute Gasteiger partial charge is 0.336 e. The van der Waals surface area contributed by atoms with Gasteiger partial charge in [0.1, 0.15) is 6.10 Å². The third kappa shape index (κ3) is 4.31. The third-order valence-electron chi connectivity index (χ3n) is 2.53. The molecule has 0 spiro atoms. The van der Waals surface area contributed by atoms with Gasteiger partial charge in [0, 0.05) is 0 Å². The summed E-state index contributed by atoms with van der Waals surface area (Å²) in [6, 6.07) is 6.29. The number of hydrogen-bond donors (Lipinski definition) is 3. The highest BCUT2D eigenvalue weighted by atomic mass is 35.5. The Bertz CT molecular complexity index is 471. The summed E-state index contributed by atoms with van der Waals surface area (Å²) in [6.07, 6.45) is -3.70. The number of hydrogen-bond acceptors (Lipinski definition) is 5.